The maximum Gasteiger partial charge on any atom is 0.245 e. The second-order valence-corrected chi connectivity index (χ2v) is 9.85. The van der Waals surface area contributed by atoms with Crippen LogP contribution in [0, 0.1) is 5.82 Å². The van der Waals surface area contributed by atoms with Gasteiger partial charge in [-0.15, -0.1) is 0 Å². The van der Waals surface area contributed by atoms with E-state index < -0.39 is 16.4 Å². The van der Waals surface area contributed by atoms with Crippen LogP contribution in [0.1, 0.15) is 25.1 Å². The number of amides is 1. The van der Waals surface area contributed by atoms with Gasteiger partial charge in [0, 0.05) is 46.3 Å². The summed E-state index contributed by atoms with van der Waals surface area (Å²) in [6.45, 7) is 3.51. The van der Waals surface area contributed by atoms with Crippen molar-refractivity contribution in [3.05, 3.63) is 83.5 Å². The summed E-state index contributed by atoms with van der Waals surface area (Å²) in [7, 11) is -1.13. The van der Waals surface area contributed by atoms with E-state index in [9.17, 15) is 18.5 Å². The first-order valence-corrected chi connectivity index (χ1v) is 11.9. The minimum absolute atomic E-state index is 0.0468. The molecule has 9 heteroatoms. The van der Waals surface area contributed by atoms with E-state index in [1.54, 1.807) is 73.0 Å². The highest BCUT2D eigenvalue weighted by Crippen LogP contribution is 2.23. The normalized spacial score (nSPS) is 17.9. The summed E-state index contributed by atoms with van der Waals surface area (Å²) in [5.41, 5.74) is 1.18. The molecule has 0 saturated heterocycles. The monoisotopic (exact) mass is 468 g/mol. The van der Waals surface area contributed by atoms with Crippen molar-refractivity contribution < 1.29 is 18.5 Å². The third kappa shape index (κ3) is 5.43. The Kier molecular flexibility index (Phi) is 6.53. The van der Waals surface area contributed by atoms with E-state index in [4.69, 9.17) is 0 Å². The number of pyridine rings is 1. The van der Waals surface area contributed by atoms with Crippen molar-refractivity contribution in [1.82, 2.24) is 19.7 Å². The zero-order valence-corrected chi connectivity index (χ0v) is 19.2. The van der Waals surface area contributed by atoms with Crippen LogP contribution in [0.25, 0.3) is 11.1 Å². The van der Waals surface area contributed by atoms with E-state index in [1.807, 2.05) is 0 Å². The first-order chi connectivity index (χ1) is 15.7. The standard InChI is InChI=1S/C24H25FN4O3S/c1-24(2,31)22-11-17(7-9-26-22)13-29(19-8-10-33(32)16-19)23(30)15-28-14-18(12-27-28)20-5-3-4-6-21(20)25/h3-12,14,19,31H,13,15-16H2,1-2H3. The summed E-state index contributed by atoms with van der Waals surface area (Å²) in [6.07, 6.45) is 6.54. The Morgan fingerprint density at radius 3 is 2.82 bits per heavy atom. The number of benzene rings is 1. The molecule has 33 heavy (non-hydrogen) atoms. The van der Waals surface area contributed by atoms with Gasteiger partial charge in [-0.3, -0.25) is 18.7 Å². The molecule has 1 aliphatic heterocycles. The van der Waals surface area contributed by atoms with Gasteiger partial charge in [0.15, 0.2) is 0 Å². The summed E-state index contributed by atoms with van der Waals surface area (Å²) < 4.78 is 27.5. The highest BCUT2D eigenvalue weighted by molar-refractivity contribution is 7.88. The number of aliphatic hydroxyl groups is 1. The van der Waals surface area contributed by atoms with Gasteiger partial charge >= 0.3 is 0 Å². The maximum atomic E-state index is 14.1. The summed E-state index contributed by atoms with van der Waals surface area (Å²) in [5.74, 6) is -0.244. The molecule has 0 aliphatic carbocycles. The van der Waals surface area contributed by atoms with E-state index in [0.29, 0.717) is 22.6 Å². The summed E-state index contributed by atoms with van der Waals surface area (Å²) in [5, 5.41) is 16.1. The molecule has 172 valence electrons. The van der Waals surface area contributed by atoms with Gasteiger partial charge in [-0.2, -0.15) is 5.10 Å². The average Bonchev–Trinajstić information content (AvgIpc) is 3.41. The van der Waals surface area contributed by atoms with Gasteiger partial charge in [0.1, 0.15) is 18.0 Å². The minimum Gasteiger partial charge on any atom is -0.384 e. The minimum atomic E-state index is -1.13. The van der Waals surface area contributed by atoms with Gasteiger partial charge in [-0.25, -0.2) is 4.39 Å². The van der Waals surface area contributed by atoms with Crippen molar-refractivity contribution in [2.24, 2.45) is 0 Å². The first kappa shape index (κ1) is 23.0. The van der Waals surface area contributed by atoms with Gasteiger partial charge < -0.3 is 10.0 Å². The predicted molar refractivity (Wildman–Crippen MR) is 124 cm³/mol. The van der Waals surface area contributed by atoms with E-state index in [-0.39, 0.29) is 30.9 Å². The van der Waals surface area contributed by atoms with Crippen molar-refractivity contribution in [1.29, 1.82) is 0 Å². The smallest absolute Gasteiger partial charge is 0.245 e. The molecule has 1 amide bonds. The van der Waals surface area contributed by atoms with Crippen LogP contribution in [0.15, 0.2) is 66.5 Å². The lowest BCUT2D eigenvalue weighted by molar-refractivity contribution is -0.133. The third-order valence-electron chi connectivity index (χ3n) is 5.43. The molecule has 1 aliphatic rings. The third-order valence-corrected chi connectivity index (χ3v) is 6.56. The predicted octanol–water partition coefficient (Wildman–Crippen LogP) is 2.99. The number of nitrogens with zero attached hydrogens (tertiary/aromatic N) is 4. The van der Waals surface area contributed by atoms with E-state index in [1.165, 1.54) is 16.9 Å². The van der Waals surface area contributed by atoms with Crippen LogP contribution in [0.5, 0.6) is 0 Å². The number of hydrogen-bond donors (Lipinski definition) is 1. The molecule has 0 saturated carbocycles. The lowest BCUT2D eigenvalue weighted by Gasteiger charge is -2.28. The van der Waals surface area contributed by atoms with Crippen molar-refractivity contribution in [3.63, 3.8) is 0 Å². The van der Waals surface area contributed by atoms with E-state index >= 15 is 0 Å². The van der Waals surface area contributed by atoms with Crippen LogP contribution in [-0.4, -0.2) is 46.7 Å². The fourth-order valence-electron chi connectivity index (χ4n) is 3.66. The SMILES string of the molecule is CC(C)(O)c1cc(CN(C(=O)Cn2cc(-c3ccccc3F)cn2)C2C=CS(=O)C2)ccn1. The highest BCUT2D eigenvalue weighted by Gasteiger charge is 2.28. The molecule has 0 bridgehead atoms. The van der Waals surface area contributed by atoms with Crippen LogP contribution in [0.2, 0.25) is 0 Å². The lowest BCUT2D eigenvalue weighted by atomic mass is 10.0. The van der Waals surface area contributed by atoms with E-state index in [2.05, 4.69) is 10.1 Å². The van der Waals surface area contributed by atoms with Gasteiger partial charge in [0.05, 0.1) is 23.7 Å². The number of carbonyl (C=O) groups excluding carboxylic acids is 1. The Balaban J connectivity index is 1.56. The van der Waals surface area contributed by atoms with Crippen LogP contribution in [0.4, 0.5) is 4.39 Å². The molecule has 0 spiro atoms. The Morgan fingerprint density at radius 2 is 2.12 bits per heavy atom. The Bertz CT molecular complexity index is 1220. The van der Waals surface area contributed by atoms with Crippen molar-refractivity contribution in [3.8, 4) is 11.1 Å². The summed E-state index contributed by atoms with van der Waals surface area (Å²) >= 11 is 0. The molecule has 0 fully saturated rings. The molecule has 7 nitrogen and oxygen atoms in total. The molecule has 2 unspecified atom stereocenters. The molecule has 2 atom stereocenters. The van der Waals surface area contributed by atoms with E-state index in [0.717, 1.165) is 5.56 Å². The van der Waals surface area contributed by atoms with Crippen LogP contribution < -0.4 is 0 Å². The van der Waals surface area contributed by atoms with Crippen LogP contribution in [-0.2, 0) is 34.3 Å². The van der Waals surface area contributed by atoms with Gasteiger partial charge in [0.25, 0.3) is 0 Å². The topological polar surface area (TPSA) is 88.3 Å². The Hall–Kier alpha value is -3.17. The van der Waals surface area contributed by atoms with Gasteiger partial charge in [-0.05, 0) is 37.6 Å². The zero-order valence-electron chi connectivity index (χ0n) is 18.4. The molecule has 4 rings (SSSR count). The molecule has 1 N–H and O–H groups in total. The number of rotatable bonds is 7. The lowest BCUT2D eigenvalue weighted by Crippen LogP contribution is -2.42. The Labute approximate surface area is 194 Å². The second kappa shape index (κ2) is 9.36. The molecular weight excluding hydrogens is 443 g/mol. The van der Waals surface area contributed by atoms with Gasteiger partial charge in [0.2, 0.25) is 5.91 Å². The number of aromatic nitrogens is 3. The molecular formula is C24H25FN4O3S. The first-order valence-electron chi connectivity index (χ1n) is 10.5. The van der Waals surface area contributed by atoms with Crippen molar-refractivity contribution in [2.75, 3.05) is 5.75 Å². The highest BCUT2D eigenvalue weighted by atomic mass is 32.2. The van der Waals surface area contributed by atoms with Crippen molar-refractivity contribution >= 4 is 16.7 Å². The molecule has 1 aromatic carbocycles. The van der Waals surface area contributed by atoms with Crippen LogP contribution in [0.3, 0.4) is 0 Å². The number of hydrogen-bond acceptors (Lipinski definition) is 5. The quantitative estimate of drug-likeness (QED) is 0.576. The molecule has 3 aromatic rings. The fourth-order valence-corrected chi connectivity index (χ4v) is 4.76. The number of carbonyl (C=O) groups is 1. The zero-order chi connectivity index (χ0) is 23.6. The molecule has 2 aromatic heterocycles. The molecule has 3 heterocycles. The van der Waals surface area contributed by atoms with Gasteiger partial charge in [-0.1, -0.05) is 24.3 Å². The summed E-state index contributed by atoms with van der Waals surface area (Å²) in [4.78, 5) is 19.2. The Morgan fingerprint density at radius 1 is 1.33 bits per heavy atom. The number of halogens is 1. The average molecular weight is 469 g/mol. The fraction of sp³-hybridized carbons (Fsp3) is 0.292. The second-order valence-electron chi connectivity index (χ2n) is 8.48. The maximum absolute atomic E-state index is 14.1. The summed E-state index contributed by atoms with van der Waals surface area (Å²) in [6, 6.07) is 9.63. The largest absolute Gasteiger partial charge is 0.384 e. The van der Waals surface area contributed by atoms with Crippen LogP contribution >= 0.6 is 0 Å². The van der Waals surface area contributed by atoms with Crippen molar-refractivity contribution in [2.45, 2.75) is 38.6 Å². The molecule has 0 radical (unpaired) electrons.